The number of nitrogens with one attached hydrogen (secondary N) is 1. The summed E-state index contributed by atoms with van der Waals surface area (Å²) in [5.41, 5.74) is 1.24. The molecule has 1 atom stereocenters. The summed E-state index contributed by atoms with van der Waals surface area (Å²) in [4.78, 5) is 0. The molecule has 0 aliphatic heterocycles. The van der Waals surface area contributed by atoms with Crippen LogP contribution in [0.15, 0.2) is 53.9 Å². The van der Waals surface area contributed by atoms with Crippen molar-refractivity contribution < 1.29 is 9.50 Å². The Balaban J connectivity index is 1.71. The number of halogens is 1. The van der Waals surface area contributed by atoms with Crippen molar-refractivity contribution in [1.82, 2.24) is 0 Å². The van der Waals surface area contributed by atoms with Crippen LogP contribution in [-0.2, 0) is 0 Å². The van der Waals surface area contributed by atoms with Gasteiger partial charge in [0.25, 0.3) is 0 Å². The van der Waals surface area contributed by atoms with Crippen LogP contribution < -0.4 is 5.32 Å². The molecule has 2 N–H and O–H groups in total. The lowest BCUT2D eigenvalue weighted by molar-refractivity contribution is 0.186. The van der Waals surface area contributed by atoms with E-state index >= 15 is 0 Å². The van der Waals surface area contributed by atoms with Crippen molar-refractivity contribution in [2.75, 3.05) is 11.9 Å². The van der Waals surface area contributed by atoms with Crippen LogP contribution in [0, 0.1) is 5.82 Å². The maximum Gasteiger partial charge on any atom is 0.129 e. The van der Waals surface area contributed by atoms with Crippen molar-refractivity contribution in [3.63, 3.8) is 0 Å². The van der Waals surface area contributed by atoms with E-state index in [9.17, 15) is 9.50 Å². The van der Waals surface area contributed by atoms with Gasteiger partial charge in [-0.05, 0) is 41.1 Å². The maximum atomic E-state index is 13.5. The fraction of sp³-hybridized carbons (Fsp3) is 0.125. The fourth-order valence-electron chi connectivity index (χ4n) is 2.15. The lowest BCUT2D eigenvalue weighted by Gasteiger charge is -2.14. The summed E-state index contributed by atoms with van der Waals surface area (Å²) in [6, 6.07) is 14.4. The van der Waals surface area contributed by atoms with Crippen LogP contribution in [0.3, 0.4) is 0 Å². The van der Waals surface area contributed by atoms with Crippen molar-refractivity contribution in [3.8, 4) is 0 Å². The zero-order valence-electron chi connectivity index (χ0n) is 10.7. The first-order chi connectivity index (χ1) is 9.74. The van der Waals surface area contributed by atoms with Gasteiger partial charge in [-0.1, -0.05) is 18.2 Å². The van der Waals surface area contributed by atoms with Gasteiger partial charge in [-0.15, -0.1) is 11.3 Å². The zero-order valence-corrected chi connectivity index (χ0v) is 11.5. The Kier molecular flexibility index (Phi) is 3.67. The molecule has 4 heteroatoms. The van der Waals surface area contributed by atoms with E-state index < -0.39 is 6.10 Å². The second-order valence-corrected chi connectivity index (χ2v) is 5.54. The second-order valence-electron chi connectivity index (χ2n) is 4.59. The van der Waals surface area contributed by atoms with Gasteiger partial charge in [-0.25, -0.2) is 4.39 Å². The minimum absolute atomic E-state index is 0.274. The number of fused-ring (bicyclic) bond motifs is 1. The van der Waals surface area contributed by atoms with Gasteiger partial charge in [0.05, 0.1) is 6.10 Å². The molecule has 1 unspecified atom stereocenters. The first-order valence-electron chi connectivity index (χ1n) is 6.37. The van der Waals surface area contributed by atoms with E-state index in [1.54, 1.807) is 29.5 Å². The Morgan fingerprint density at radius 2 is 2.00 bits per heavy atom. The molecule has 0 saturated carbocycles. The van der Waals surface area contributed by atoms with Crippen LogP contribution in [0.5, 0.6) is 0 Å². The van der Waals surface area contributed by atoms with E-state index in [0.717, 1.165) is 5.69 Å². The average molecular weight is 287 g/mol. The highest BCUT2D eigenvalue weighted by Crippen LogP contribution is 2.24. The Hall–Kier alpha value is -1.91. The molecular formula is C16H14FNOS. The third kappa shape index (κ3) is 2.66. The van der Waals surface area contributed by atoms with E-state index in [2.05, 4.69) is 11.4 Å². The molecule has 0 radical (unpaired) electrons. The number of hydrogen-bond donors (Lipinski definition) is 2. The summed E-state index contributed by atoms with van der Waals surface area (Å²) < 4.78 is 14.8. The molecule has 3 aromatic rings. The summed E-state index contributed by atoms with van der Waals surface area (Å²) in [5, 5.41) is 16.4. The van der Waals surface area contributed by atoms with Gasteiger partial charge in [0.2, 0.25) is 0 Å². The SMILES string of the molecule is OC(CNc1ccc2sccc2c1)c1ccccc1F. The van der Waals surface area contributed by atoms with Crippen molar-refractivity contribution in [2.24, 2.45) is 0 Å². The minimum atomic E-state index is -0.866. The van der Waals surface area contributed by atoms with Gasteiger partial charge in [0.1, 0.15) is 5.82 Å². The van der Waals surface area contributed by atoms with Crippen molar-refractivity contribution in [1.29, 1.82) is 0 Å². The van der Waals surface area contributed by atoms with Gasteiger partial charge in [0, 0.05) is 22.5 Å². The first-order valence-corrected chi connectivity index (χ1v) is 7.25. The van der Waals surface area contributed by atoms with Gasteiger partial charge in [-0.2, -0.15) is 0 Å². The standard InChI is InChI=1S/C16H14FNOS/c17-14-4-2-1-3-13(14)15(19)10-18-12-5-6-16-11(9-12)7-8-20-16/h1-9,15,18-19H,10H2. The highest BCUT2D eigenvalue weighted by molar-refractivity contribution is 7.17. The van der Waals surface area contributed by atoms with Gasteiger partial charge in [0.15, 0.2) is 0 Å². The van der Waals surface area contributed by atoms with Crippen LogP contribution in [0.25, 0.3) is 10.1 Å². The van der Waals surface area contributed by atoms with E-state index in [4.69, 9.17) is 0 Å². The molecule has 0 fully saturated rings. The summed E-state index contributed by atoms with van der Waals surface area (Å²) in [6.45, 7) is 0.274. The van der Waals surface area contributed by atoms with E-state index in [0.29, 0.717) is 5.56 Å². The van der Waals surface area contributed by atoms with E-state index in [1.165, 1.54) is 16.2 Å². The van der Waals surface area contributed by atoms with Crippen molar-refractivity contribution >= 4 is 27.1 Å². The van der Waals surface area contributed by atoms with Gasteiger partial charge < -0.3 is 10.4 Å². The molecule has 0 aliphatic rings. The Morgan fingerprint density at radius 1 is 1.15 bits per heavy atom. The molecule has 0 spiro atoms. The molecule has 0 aliphatic carbocycles. The molecule has 3 rings (SSSR count). The van der Waals surface area contributed by atoms with Crippen LogP contribution in [0.4, 0.5) is 10.1 Å². The molecular weight excluding hydrogens is 273 g/mol. The summed E-state index contributed by atoms with van der Waals surface area (Å²) >= 11 is 1.69. The number of aliphatic hydroxyl groups excluding tert-OH is 1. The van der Waals surface area contributed by atoms with Crippen LogP contribution in [-0.4, -0.2) is 11.7 Å². The third-order valence-electron chi connectivity index (χ3n) is 3.22. The number of hydrogen-bond acceptors (Lipinski definition) is 3. The monoisotopic (exact) mass is 287 g/mol. The van der Waals surface area contributed by atoms with E-state index in [1.807, 2.05) is 23.6 Å². The van der Waals surface area contributed by atoms with Crippen LogP contribution in [0.1, 0.15) is 11.7 Å². The molecule has 1 heterocycles. The number of benzene rings is 2. The maximum absolute atomic E-state index is 13.5. The number of rotatable bonds is 4. The van der Waals surface area contributed by atoms with Crippen LogP contribution >= 0.6 is 11.3 Å². The molecule has 1 aromatic heterocycles. The predicted molar refractivity (Wildman–Crippen MR) is 81.7 cm³/mol. The Labute approximate surface area is 120 Å². The third-order valence-corrected chi connectivity index (χ3v) is 4.11. The van der Waals surface area contributed by atoms with E-state index in [-0.39, 0.29) is 12.4 Å². The van der Waals surface area contributed by atoms with Gasteiger partial charge in [-0.3, -0.25) is 0 Å². The molecule has 0 saturated heterocycles. The summed E-state index contributed by atoms with van der Waals surface area (Å²) in [6.07, 6.45) is -0.866. The zero-order chi connectivity index (χ0) is 13.9. The second kappa shape index (κ2) is 5.61. The lowest BCUT2D eigenvalue weighted by atomic mass is 10.1. The topological polar surface area (TPSA) is 32.3 Å². The number of anilines is 1. The largest absolute Gasteiger partial charge is 0.386 e. The number of aliphatic hydroxyl groups is 1. The first kappa shape index (κ1) is 13.1. The summed E-state index contributed by atoms with van der Waals surface area (Å²) in [7, 11) is 0. The Bertz CT molecular complexity index is 725. The predicted octanol–water partition coefficient (Wildman–Crippen LogP) is 4.19. The molecule has 0 amide bonds. The smallest absolute Gasteiger partial charge is 0.129 e. The minimum Gasteiger partial charge on any atom is -0.386 e. The summed E-state index contributed by atoms with van der Waals surface area (Å²) in [5.74, 6) is -0.380. The quantitative estimate of drug-likeness (QED) is 0.754. The van der Waals surface area contributed by atoms with Crippen molar-refractivity contribution in [2.45, 2.75) is 6.10 Å². The highest BCUT2D eigenvalue weighted by Gasteiger charge is 2.11. The number of thiophene rings is 1. The fourth-order valence-corrected chi connectivity index (χ4v) is 2.92. The normalized spacial score (nSPS) is 12.5. The Morgan fingerprint density at radius 3 is 2.85 bits per heavy atom. The van der Waals surface area contributed by atoms with Crippen LogP contribution in [0.2, 0.25) is 0 Å². The highest BCUT2D eigenvalue weighted by atomic mass is 32.1. The van der Waals surface area contributed by atoms with Crippen molar-refractivity contribution in [3.05, 3.63) is 65.3 Å². The molecule has 0 bridgehead atoms. The molecule has 102 valence electrons. The average Bonchev–Trinajstić information content (AvgIpc) is 2.92. The molecule has 20 heavy (non-hydrogen) atoms. The molecule has 2 nitrogen and oxygen atoms in total. The van der Waals surface area contributed by atoms with Gasteiger partial charge >= 0.3 is 0 Å². The molecule has 2 aromatic carbocycles. The lowest BCUT2D eigenvalue weighted by Crippen LogP contribution is -2.13.